The third-order valence-electron chi connectivity index (χ3n) is 4.59. The smallest absolute Gasteiger partial charge is 0.316 e. The SMILES string of the molecule is O=C(Cl)N(Cc1ccc(Br)cc1)C1CC2CCC1C2. The van der Waals surface area contributed by atoms with Crippen LogP contribution in [0.5, 0.6) is 0 Å². The van der Waals surface area contributed by atoms with Crippen LogP contribution in [0.2, 0.25) is 0 Å². The number of benzene rings is 1. The highest BCUT2D eigenvalue weighted by Crippen LogP contribution is 2.47. The molecule has 0 aromatic heterocycles. The van der Waals surface area contributed by atoms with Gasteiger partial charge in [-0.3, -0.25) is 4.79 Å². The van der Waals surface area contributed by atoms with Crippen molar-refractivity contribution in [2.75, 3.05) is 0 Å². The molecule has 0 saturated heterocycles. The number of hydrogen-bond donors (Lipinski definition) is 0. The molecule has 0 aliphatic heterocycles. The summed E-state index contributed by atoms with van der Waals surface area (Å²) in [7, 11) is 0. The molecule has 2 aliphatic carbocycles. The van der Waals surface area contributed by atoms with Crippen LogP contribution in [0.1, 0.15) is 31.2 Å². The van der Waals surface area contributed by atoms with Gasteiger partial charge < -0.3 is 4.90 Å². The van der Waals surface area contributed by atoms with E-state index >= 15 is 0 Å². The number of halogens is 2. The largest absolute Gasteiger partial charge is 0.322 e. The summed E-state index contributed by atoms with van der Waals surface area (Å²) in [6.07, 6.45) is 5.02. The van der Waals surface area contributed by atoms with E-state index in [0.29, 0.717) is 18.5 Å². The maximum absolute atomic E-state index is 11.8. The molecule has 0 radical (unpaired) electrons. The van der Waals surface area contributed by atoms with E-state index < -0.39 is 0 Å². The molecule has 0 N–H and O–H groups in total. The van der Waals surface area contributed by atoms with Crippen molar-refractivity contribution in [3.63, 3.8) is 0 Å². The molecule has 2 aliphatic rings. The fourth-order valence-electron chi connectivity index (χ4n) is 3.69. The number of carbonyl (C=O) groups excluding carboxylic acids is 1. The van der Waals surface area contributed by atoms with E-state index in [4.69, 9.17) is 11.6 Å². The lowest BCUT2D eigenvalue weighted by atomic mass is 9.94. The van der Waals surface area contributed by atoms with Crippen molar-refractivity contribution in [2.45, 2.75) is 38.3 Å². The van der Waals surface area contributed by atoms with Gasteiger partial charge in [0.2, 0.25) is 0 Å². The molecule has 2 saturated carbocycles. The number of fused-ring (bicyclic) bond motifs is 2. The predicted molar refractivity (Wildman–Crippen MR) is 80.2 cm³/mol. The van der Waals surface area contributed by atoms with Crippen LogP contribution in [0.3, 0.4) is 0 Å². The van der Waals surface area contributed by atoms with Gasteiger partial charge in [0, 0.05) is 17.1 Å². The Bertz CT molecular complexity index is 476. The first-order chi connectivity index (χ1) is 9.13. The van der Waals surface area contributed by atoms with Gasteiger partial charge >= 0.3 is 5.37 Å². The molecule has 3 atom stereocenters. The van der Waals surface area contributed by atoms with E-state index in [2.05, 4.69) is 15.9 Å². The number of rotatable bonds is 3. The number of amides is 1. The van der Waals surface area contributed by atoms with Crippen LogP contribution in [0, 0.1) is 11.8 Å². The molecule has 19 heavy (non-hydrogen) atoms. The highest BCUT2D eigenvalue weighted by molar-refractivity contribution is 9.10. The van der Waals surface area contributed by atoms with E-state index in [0.717, 1.165) is 22.4 Å². The molecule has 1 aromatic rings. The van der Waals surface area contributed by atoms with E-state index in [1.807, 2.05) is 29.2 Å². The fourth-order valence-corrected chi connectivity index (χ4v) is 4.14. The van der Waals surface area contributed by atoms with Gasteiger partial charge in [0.1, 0.15) is 0 Å². The van der Waals surface area contributed by atoms with Crippen molar-refractivity contribution in [1.29, 1.82) is 0 Å². The van der Waals surface area contributed by atoms with Crippen LogP contribution < -0.4 is 0 Å². The van der Waals surface area contributed by atoms with Crippen molar-refractivity contribution in [2.24, 2.45) is 11.8 Å². The highest BCUT2D eigenvalue weighted by Gasteiger charge is 2.43. The van der Waals surface area contributed by atoms with Gasteiger partial charge in [0.15, 0.2) is 0 Å². The average Bonchev–Trinajstić information content (AvgIpc) is 3.00. The summed E-state index contributed by atoms with van der Waals surface area (Å²) in [4.78, 5) is 13.6. The second-order valence-electron chi connectivity index (χ2n) is 5.75. The zero-order valence-corrected chi connectivity index (χ0v) is 13.0. The maximum Gasteiger partial charge on any atom is 0.316 e. The minimum Gasteiger partial charge on any atom is -0.322 e. The minimum atomic E-state index is -0.305. The third kappa shape index (κ3) is 2.82. The van der Waals surface area contributed by atoms with Crippen molar-refractivity contribution in [1.82, 2.24) is 4.90 Å². The quantitative estimate of drug-likeness (QED) is 0.571. The van der Waals surface area contributed by atoms with Gasteiger partial charge in [0.05, 0.1) is 0 Å². The standard InChI is InChI=1S/C15H17BrClNO/c16-13-5-2-10(3-6-13)9-18(15(17)19)14-8-11-1-4-12(14)7-11/h2-3,5-6,11-12,14H,1,4,7-9H2. The van der Waals surface area contributed by atoms with E-state index in [1.54, 1.807) is 0 Å². The second kappa shape index (κ2) is 5.45. The van der Waals surface area contributed by atoms with E-state index in [-0.39, 0.29) is 5.37 Å². The molecule has 0 heterocycles. The van der Waals surface area contributed by atoms with Crippen LogP contribution >= 0.6 is 27.5 Å². The molecule has 4 heteroatoms. The first kappa shape index (κ1) is 13.4. The lowest BCUT2D eigenvalue weighted by Gasteiger charge is -2.33. The van der Waals surface area contributed by atoms with E-state index in [9.17, 15) is 4.79 Å². The Kier molecular flexibility index (Phi) is 3.86. The van der Waals surface area contributed by atoms with Gasteiger partial charge in [-0.05, 0) is 60.4 Å². The number of hydrogen-bond acceptors (Lipinski definition) is 1. The van der Waals surface area contributed by atoms with Gasteiger partial charge in [-0.2, -0.15) is 0 Å². The fraction of sp³-hybridized carbons (Fsp3) is 0.533. The summed E-state index contributed by atoms with van der Waals surface area (Å²) in [5.41, 5.74) is 1.14. The topological polar surface area (TPSA) is 20.3 Å². The Morgan fingerprint density at radius 1 is 1.26 bits per heavy atom. The molecule has 1 aromatic carbocycles. The van der Waals surface area contributed by atoms with Crippen LogP contribution in [-0.2, 0) is 6.54 Å². The van der Waals surface area contributed by atoms with E-state index in [1.165, 1.54) is 19.3 Å². The molecule has 2 fully saturated rings. The minimum absolute atomic E-state index is 0.305. The van der Waals surface area contributed by atoms with Crippen molar-refractivity contribution in [3.8, 4) is 0 Å². The molecule has 102 valence electrons. The Morgan fingerprint density at radius 3 is 2.53 bits per heavy atom. The Balaban J connectivity index is 1.74. The van der Waals surface area contributed by atoms with Gasteiger partial charge in [-0.15, -0.1) is 0 Å². The average molecular weight is 343 g/mol. The summed E-state index contributed by atoms with van der Waals surface area (Å²) >= 11 is 9.25. The summed E-state index contributed by atoms with van der Waals surface area (Å²) < 4.78 is 1.06. The Labute approximate surface area is 127 Å². The first-order valence-electron chi connectivity index (χ1n) is 6.84. The van der Waals surface area contributed by atoms with Crippen LogP contribution in [0.15, 0.2) is 28.7 Å². The molecule has 2 bridgehead atoms. The van der Waals surface area contributed by atoms with Crippen molar-refractivity contribution < 1.29 is 4.79 Å². The van der Waals surface area contributed by atoms with Crippen molar-refractivity contribution >= 4 is 32.9 Å². The predicted octanol–water partition coefficient (Wildman–Crippen LogP) is 4.80. The Hall–Kier alpha value is -0.540. The first-order valence-corrected chi connectivity index (χ1v) is 8.01. The third-order valence-corrected chi connectivity index (χ3v) is 5.34. The molecular weight excluding hydrogens is 326 g/mol. The van der Waals surface area contributed by atoms with Crippen LogP contribution in [0.25, 0.3) is 0 Å². The van der Waals surface area contributed by atoms with Crippen LogP contribution in [-0.4, -0.2) is 16.3 Å². The normalized spacial score (nSPS) is 28.6. The number of carbonyl (C=O) groups is 1. The highest BCUT2D eigenvalue weighted by atomic mass is 79.9. The zero-order chi connectivity index (χ0) is 13.4. The summed E-state index contributed by atoms with van der Waals surface area (Å²) in [5.74, 6) is 1.49. The monoisotopic (exact) mass is 341 g/mol. The summed E-state index contributed by atoms with van der Waals surface area (Å²) in [6.45, 7) is 0.628. The molecule has 3 unspecified atom stereocenters. The molecule has 3 rings (SSSR count). The van der Waals surface area contributed by atoms with Crippen molar-refractivity contribution in [3.05, 3.63) is 34.3 Å². The van der Waals surface area contributed by atoms with Gasteiger partial charge in [0.25, 0.3) is 0 Å². The summed E-state index contributed by atoms with van der Waals surface area (Å²) in [6, 6.07) is 8.46. The molecule has 1 amide bonds. The zero-order valence-electron chi connectivity index (χ0n) is 10.7. The Morgan fingerprint density at radius 2 is 2.00 bits per heavy atom. The van der Waals surface area contributed by atoms with Crippen LogP contribution in [0.4, 0.5) is 4.79 Å². The summed E-state index contributed by atoms with van der Waals surface area (Å²) in [5, 5.41) is -0.305. The lowest BCUT2D eigenvalue weighted by Crippen LogP contribution is -2.40. The lowest BCUT2D eigenvalue weighted by molar-refractivity contribution is 0.162. The number of nitrogens with zero attached hydrogens (tertiary/aromatic N) is 1. The van der Waals surface area contributed by atoms with Gasteiger partial charge in [-0.1, -0.05) is 34.5 Å². The molecular formula is C15H17BrClNO. The second-order valence-corrected chi connectivity index (χ2v) is 6.99. The maximum atomic E-state index is 11.8. The van der Waals surface area contributed by atoms with Gasteiger partial charge in [-0.25, -0.2) is 0 Å². The molecule has 0 spiro atoms. The molecule has 2 nitrogen and oxygen atoms in total.